The number of amides is 2. The second-order valence-electron chi connectivity index (χ2n) is 5.02. The van der Waals surface area contributed by atoms with Crippen molar-refractivity contribution in [1.82, 2.24) is 4.90 Å². The SMILES string of the molecule is O=C(O)[C@@H]1CC2(CN1C(=O)O)Oc1ccccc1NC2=O. The summed E-state index contributed by atoms with van der Waals surface area (Å²) in [5, 5.41) is 20.9. The van der Waals surface area contributed by atoms with Crippen molar-refractivity contribution in [2.24, 2.45) is 0 Å². The van der Waals surface area contributed by atoms with Gasteiger partial charge in [-0.05, 0) is 12.1 Å². The summed E-state index contributed by atoms with van der Waals surface area (Å²) in [6.07, 6.45) is -1.62. The zero-order chi connectivity index (χ0) is 15.2. The van der Waals surface area contributed by atoms with Crippen molar-refractivity contribution >= 4 is 23.7 Å². The summed E-state index contributed by atoms with van der Waals surface area (Å²) >= 11 is 0. The second-order valence-corrected chi connectivity index (χ2v) is 5.02. The summed E-state index contributed by atoms with van der Waals surface area (Å²) < 4.78 is 5.67. The third kappa shape index (κ3) is 1.95. The van der Waals surface area contributed by atoms with Crippen LogP contribution >= 0.6 is 0 Å². The number of anilines is 1. The monoisotopic (exact) mass is 292 g/mol. The summed E-state index contributed by atoms with van der Waals surface area (Å²) in [6.45, 7) is -0.320. The molecule has 0 bridgehead atoms. The molecule has 1 unspecified atom stereocenters. The molecular weight excluding hydrogens is 280 g/mol. The third-order valence-electron chi connectivity index (χ3n) is 3.71. The van der Waals surface area contributed by atoms with Crippen molar-refractivity contribution in [3.63, 3.8) is 0 Å². The Morgan fingerprint density at radius 3 is 2.67 bits per heavy atom. The number of benzene rings is 1. The van der Waals surface area contributed by atoms with Crippen molar-refractivity contribution in [3.05, 3.63) is 24.3 Å². The number of nitrogens with zero attached hydrogens (tertiary/aromatic N) is 1. The number of hydrogen-bond donors (Lipinski definition) is 3. The molecule has 3 N–H and O–H groups in total. The average molecular weight is 292 g/mol. The number of nitrogens with one attached hydrogen (secondary N) is 1. The fraction of sp³-hybridized carbons (Fsp3) is 0.308. The lowest BCUT2D eigenvalue weighted by Gasteiger charge is -2.33. The van der Waals surface area contributed by atoms with E-state index in [9.17, 15) is 14.4 Å². The molecule has 1 aromatic carbocycles. The van der Waals surface area contributed by atoms with Crippen LogP contribution in [0.1, 0.15) is 6.42 Å². The molecule has 8 heteroatoms. The summed E-state index contributed by atoms with van der Waals surface area (Å²) in [5.74, 6) is -1.44. The highest BCUT2D eigenvalue weighted by molar-refractivity contribution is 6.02. The maximum Gasteiger partial charge on any atom is 0.408 e. The number of ether oxygens (including phenoxy) is 1. The Hall–Kier alpha value is -2.77. The fourth-order valence-corrected chi connectivity index (χ4v) is 2.68. The van der Waals surface area contributed by atoms with E-state index in [1.54, 1.807) is 24.3 Å². The van der Waals surface area contributed by atoms with Crippen molar-refractivity contribution in [3.8, 4) is 5.75 Å². The topological polar surface area (TPSA) is 116 Å². The van der Waals surface area contributed by atoms with Crippen LogP contribution in [0.15, 0.2) is 24.3 Å². The molecule has 0 saturated carbocycles. The van der Waals surface area contributed by atoms with Gasteiger partial charge in [0.1, 0.15) is 11.8 Å². The van der Waals surface area contributed by atoms with Crippen LogP contribution in [-0.4, -0.2) is 51.3 Å². The van der Waals surface area contributed by atoms with Crippen LogP contribution in [0.25, 0.3) is 0 Å². The van der Waals surface area contributed by atoms with Crippen molar-refractivity contribution in [2.45, 2.75) is 18.1 Å². The number of aliphatic carboxylic acids is 1. The van der Waals surface area contributed by atoms with Crippen LogP contribution in [0.4, 0.5) is 10.5 Å². The number of rotatable bonds is 1. The Morgan fingerprint density at radius 1 is 1.33 bits per heavy atom. The minimum absolute atomic E-state index is 0.227. The van der Waals surface area contributed by atoms with Gasteiger partial charge in [-0.25, -0.2) is 9.59 Å². The van der Waals surface area contributed by atoms with E-state index in [1.165, 1.54) is 0 Å². The Bertz CT molecular complexity index is 621. The maximum absolute atomic E-state index is 12.3. The van der Waals surface area contributed by atoms with Crippen LogP contribution in [0.3, 0.4) is 0 Å². The number of para-hydroxylation sites is 2. The van der Waals surface area contributed by atoms with Crippen LogP contribution < -0.4 is 10.1 Å². The molecule has 1 aromatic rings. The standard InChI is InChI=1S/C13H12N2O6/c16-10(17)8-5-13(6-15(8)12(19)20)11(18)14-7-3-1-2-4-9(7)21-13/h1-4,8H,5-6H2,(H,14,18)(H,16,17)(H,19,20)/t8-,13?/m0/s1. The van der Waals surface area contributed by atoms with Crippen LogP contribution in [0.5, 0.6) is 5.75 Å². The van der Waals surface area contributed by atoms with Crippen molar-refractivity contribution in [2.75, 3.05) is 11.9 Å². The highest BCUT2D eigenvalue weighted by Gasteiger charge is 2.57. The quantitative estimate of drug-likeness (QED) is 0.697. The number of hydrogen-bond acceptors (Lipinski definition) is 4. The molecule has 1 fully saturated rings. The molecule has 2 atom stereocenters. The highest BCUT2D eigenvalue weighted by Crippen LogP contribution is 2.40. The van der Waals surface area contributed by atoms with E-state index in [-0.39, 0.29) is 13.0 Å². The minimum Gasteiger partial charge on any atom is -0.480 e. The Balaban J connectivity index is 1.97. The van der Waals surface area contributed by atoms with Gasteiger partial charge in [0.2, 0.25) is 5.60 Å². The normalized spacial score (nSPS) is 27.0. The first-order valence-electron chi connectivity index (χ1n) is 6.25. The smallest absolute Gasteiger partial charge is 0.408 e. The lowest BCUT2D eigenvalue weighted by molar-refractivity contribution is -0.141. The molecule has 2 aliphatic rings. The molecule has 2 amide bonds. The molecule has 2 heterocycles. The Kier molecular flexibility index (Phi) is 2.75. The zero-order valence-corrected chi connectivity index (χ0v) is 10.8. The summed E-state index contributed by atoms with van der Waals surface area (Å²) in [5.41, 5.74) is -1.02. The second kappa shape index (κ2) is 4.37. The van der Waals surface area contributed by atoms with Crippen molar-refractivity contribution in [1.29, 1.82) is 0 Å². The first kappa shape index (κ1) is 13.2. The predicted octanol–water partition coefficient (Wildman–Crippen LogP) is 0.593. The summed E-state index contributed by atoms with van der Waals surface area (Å²) in [7, 11) is 0. The molecule has 0 radical (unpaired) electrons. The molecule has 3 rings (SSSR count). The Morgan fingerprint density at radius 2 is 2.05 bits per heavy atom. The predicted molar refractivity (Wildman–Crippen MR) is 69.2 cm³/mol. The van der Waals surface area contributed by atoms with Gasteiger partial charge in [-0.3, -0.25) is 9.69 Å². The van der Waals surface area contributed by atoms with Crippen LogP contribution in [-0.2, 0) is 9.59 Å². The van der Waals surface area contributed by atoms with Gasteiger partial charge in [-0.15, -0.1) is 0 Å². The van der Waals surface area contributed by atoms with Crippen molar-refractivity contribution < 1.29 is 29.3 Å². The maximum atomic E-state index is 12.3. The number of likely N-dealkylation sites (tertiary alicyclic amines) is 1. The number of carbonyl (C=O) groups excluding carboxylic acids is 1. The van der Waals surface area contributed by atoms with Crippen LogP contribution in [0.2, 0.25) is 0 Å². The molecule has 8 nitrogen and oxygen atoms in total. The van der Waals surface area contributed by atoms with E-state index in [4.69, 9.17) is 14.9 Å². The van der Waals surface area contributed by atoms with Gasteiger partial charge in [0.05, 0.1) is 12.2 Å². The largest absolute Gasteiger partial charge is 0.480 e. The van der Waals surface area contributed by atoms with Gasteiger partial charge in [0, 0.05) is 6.42 Å². The van der Waals surface area contributed by atoms with E-state index in [2.05, 4.69) is 5.32 Å². The molecule has 0 aliphatic carbocycles. The van der Waals surface area contributed by atoms with Gasteiger partial charge < -0.3 is 20.3 Å². The number of fused-ring (bicyclic) bond motifs is 1. The van der Waals surface area contributed by atoms with Gasteiger partial charge in [0.25, 0.3) is 5.91 Å². The molecule has 110 valence electrons. The summed E-state index contributed by atoms with van der Waals surface area (Å²) in [6, 6.07) is 5.41. The summed E-state index contributed by atoms with van der Waals surface area (Å²) in [4.78, 5) is 35.4. The molecule has 21 heavy (non-hydrogen) atoms. The van der Waals surface area contributed by atoms with E-state index >= 15 is 0 Å². The molecular formula is C13H12N2O6. The molecule has 0 aromatic heterocycles. The molecule has 1 saturated heterocycles. The average Bonchev–Trinajstić information content (AvgIpc) is 2.81. The Labute approximate surface area is 118 Å². The minimum atomic E-state index is -1.50. The first-order chi connectivity index (χ1) is 9.93. The number of carboxylic acids is 1. The fourth-order valence-electron chi connectivity index (χ4n) is 2.68. The van der Waals surface area contributed by atoms with Gasteiger partial charge >= 0.3 is 12.1 Å². The first-order valence-corrected chi connectivity index (χ1v) is 6.25. The van der Waals surface area contributed by atoms with E-state index in [0.29, 0.717) is 11.4 Å². The zero-order valence-electron chi connectivity index (χ0n) is 10.8. The third-order valence-corrected chi connectivity index (χ3v) is 3.71. The van der Waals surface area contributed by atoms with Gasteiger partial charge in [-0.1, -0.05) is 12.1 Å². The van der Waals surface area contributed by atoms with E-state index < -0.39 is 29.6 Å². The highest BCUT2D eigenvalue weighted by atomic mass is 16.5. The molecule has 1 spiro atoms. The lowest BCUT2D eigenvalue weighted by Crippen LogP contribution is -2.53. The van der Waals surface area contributed by atoms with Gasteiger partial charge in [-0.2, -0.15) is 0 Å². The van der Waals surface area contributed by atoms with Crippen LogP contribution in [0, 0.1) is 0 Å². The molecule has 2 aliphatic heterocycles. The van der Waals surface area contributed by atoms with Gasteiger partial charge in [0.15, 0.2) is 0 Å². The lowest BCUT2D eigenvalue weighted by atomic mass is 9.96. The number of carbonyl (C=O) groups is 3. The van der Waals surface area contributed by atoms with E-state index in [1.807, 2.05) is 0 Å². The number of carboxylic acid groups (broad SMARTS) is 2. The van der Waals surface area contributed by atoms with E-state index in [0.717, 1.165) is 4.90 Å².